The van der Waals surface area contributed by atoms with Crippen LogP contribution in [0.3, 0.4) is 0 Å². The molecular formula is C31H34ClFN6O4. The van der Waals surface area contributed by atoms with Crippen LogP contribution in [-0.4, -0.2) is 83.6 Å². The fourth-order valence-corrected chi connectivity index (χ4v) is 5.42. The number of cyclic esters (lactones) is 1. The summed E-state index contributed by atoms with van der Waals surface area (Å²) >= 11 is 5.96. The van der Waals surface area contributed by atoms with Gasteiger partial charge in [0, 0.05) is 68.9 Å². The SMILES string of the molecule is O=C(C=CCN1CCN(C[C@H]2CCC(=O)O2)CC1)Nc1cc2c(Nc3ccc(F)c(Cl)c3)ncnc2cc1OCC1CC1. The van der Waals surface area contributed by atoms with Crippen molar-refractivity contribution >= 4 is 51.6 Å². The van der Waals surface area contributed by atoms with Crippen LogP contribution in [-0.2, 0) is 14.3 Å². The number of ether oxygens (including phenoxy) is 2. The van der Waals surface area contributed by atoms with Gasteiger partial charge in [-0.2, -0.15) is 0 Å². The average Bonchev–Trinajstić information content (AvgIpc) is 3.74. The van der Waals surface area contributed by atoms with E-state index >= 15 is 0 Å². The summed E-state index contributed by atoms with van der Waals surface area (Å²) in [5, 5.41) is 6.80. The molecule has 0 radical (unpaired) electrons. The first-order valence-corrected chi connectivity index (χ1v) is 15.0. The van der Waals surface area contributed by atoms with Crippen LogP contribution >= 0.6 is 11.6 Å². The number of benzene rings is 2. The van der Waals surface area contributed by atoms with Crippen LogP contribution in [0.4, 0.5) is 21.6 Å². The van der Waals surface area contributed by atoms with E-state index in [1.807, 2.05) is 6.08 Å². The number of carbonyl (C=O) groups is 2. The zero-order valence-corrected chi connectivity index (χ0v) is 24.5. The number of esters is 1. The molecule has 3 heterocycles. The van der Waals surface area contributed by atoms with Gasteiger partial charge in [0.15, 0.2) is 0 Å². The minimum absolute atomic E-state index is 0.00268. The van der Waals surface area contributed by atoms with Crippen LogP contribution in [0.1, 0.15) is 25.7 Å². The van der Waals surface area contributed by atoms with Crippen molar-refractivity contribution in [2.24, 2.45) is 5.92 Å². The Morgan fingerprint density at radius 1 is 1.12 bits per heavy atom. The lowest BCUT2D eigenvalue weighted by Crippen LogP contribution is -2.48. The van der Waals surface area contributed by atoms with E-state index in [1.165, 1.54) is 18.5 Å². The number of nitrogens with one attached hydrogen (secondary N) is 2. The summed E-state index contributed by atoms with van der Waals surface area (Å²) in [6.07, 6.45) is 8.44. The van der Waals surface area contributed by atoms with E-state index in [2.05, 4.69) is 30.4 Å². The molecule has 2 N–H and O–H groups in total. The maximum absolute atomic E-state index is 13.7. The summed E-state index contributed by atoms with van der Waals surface area (Å²) < 4.78 is 25.1. The van der Waals surface area contributed by atoms with E-state index in [4.69, 9.17) is 21.1 Å². The highest BCUT2D eigenvalue weighted by atomic mass is 35.5. The van der Waals surface area contributed by atoms with E-state index in [1.54, 1.807) is 24.3 Å². The molecule has 2 aliphatic heterocycles. The Bertz CT molecular complexity index is 1530. The highest BCUT2D eigenvalue weighted by Crippen LogP contribution is 2.36. The third kappa shape index (κ3) is 7.78. The quantitative estimate of drug-likeness (QED) is 0.235. The van der Waals surface area contributed by atoms with Crippen LogP contribution in [0, 0.1) is 11.7 Å². The molecule has 0 unspecified atom stereocenters. The predicted octanol–water partition coefficient (Wildman–Crippen LogP) is 4.77. The molecular weight excluding hydrogens is 575 g/mol. The van der Waals surface area contributed by atoms with Gasteiger partial charge in [-0.3, -0.25) is 19.4 Å². The predicted molar refractivity (Wildman–Crippen MR) is 162 cm³/mol. The van der Waals surface area contributed by atoms with Crippen LogP contribution in [0.25, 0.3) is 10.9 Å². The van der Waals surface area contributed by atoms with Gasteiger partial charge < -0.3 is 20.1 Å². The van der Waals surface area contributed by atoms with Crippen molar-refractivity contribution in [3.63, 3.8) is 0 Å². The first-order chi connectivity index (χ1) is 20.9. The Morgan fingerprint density at radius 3 is 2.67 bits per heavy atom. The lowest BCUT2D eigenvalue weighted by molar-refractivity contribution is -0.142. The van der Waals surface area contributed by atoms with Crippen LogP contribution < -0.4 is 15.4 Å². The van der Waals surface area contributed by atoms with Gasteiger partial charge in [-0.15, -0.1) is 0 Å². The monoisotopic (exact) mass is 608 g/mol. The number of aromatic nitrogens is 2. The molecule has 2 aromatic carbocycles. The minimum Gasteiger partial charge on any atom is -0.491 e. The number of nitrogens with zero attached hydrogens (tertiary/aromatic N) is 4. The molecule has 1 aromatic heterocycles. The fraction of sp³-hybridized carbons (Fsp3) is 0.419. The topological polar surface area (TPSA) is 109 Å². The summed E-state index contributed by atoms with van der Waals surface area (Å²) in [7, 11) is 0. The molecule has 0 spiro atoms. The number of amides is 1. The normalized spacial score (nSPS) is 19.6. The number of halogens is 2. The second-order valence-electron chi connectivity index (χ2n) is 11.2. The summed E-state index contributed by atoms with van der Waals surface area (Å²) in [4.78, 5) is 37.7. The molecule has 1 amide bonds. The fourth-order valence-electron chi connectivity index (χ4n) is 5.24. The number of hydrogen-bond acceptors (Lipinski definition) is 9. The van der Waals surface area contributed by atoms with Gasteiger partial charge in [0.25, 0.3) is 0 Å². The van der Waals surface area contributed by atoms with Crippen LogP contribution in [0.15, 0.2) is 48.8 Å². The maximum Gasteiger partial charge on any atom is 0.306 e. The first kappa shape index (κ1) is 29.3. The molecule has 1 atom stereocenters. The summed E-state index contributed by atoms with van der Waals surface area (Å²) in [6, 6.07) is 7.93. The van der Waals surface area contributed by atoms with Crippen molar-refractivity contribution in [1.82, 2.24) is 19.8 Å². The van der Waals surface area contributed by atoms with Crippen molar-refractivity contribution in [3.8, 4) is 5.75 Å². The Kier molecular flexibility index (Phi) is 9.01. The second kappa shape index (κ2) is 13.2. The molecule has 3 aliphatic rings. The van der Waals surface area contributed by atoms with Gasteiger partial charge in [0.2, 0.25) is 5.91 Å². The Labute approximate surface area is 254 Å². The molecule has 12 heteroatoms. The van der Waals surface area contributed by atoms with Crippen LogP contribution in [0.5, 0.6) is 5.75 Å². The highest BCUT2D eigenvalue weighted by Gasteiger charge is 2.27. The van der Waals surface area contributed by atoms with E-state index in [9.17, 15) is 14.0 Å². The van der Waals surface area contributed by atoms with Crippen molar-refractivity contribution in [1.29, 1.82) is 0 Å². The summed E-state index contributed by atoms with van der Waals surface area (Å²) in [5.41, 5.74) is 1.71. The van der Waals surface area contributed by atoms with Crippen molar-refractivity contribution < 1.29 is 23.5 Å². The smallest absolute Gasteiger partial charge is 0.306 e. The molecule has 3 fully saturated rings. The number of carbonyl (C=O) groups excluding carboxylic acids is 2. The number of piperazine rings is 1. The Hall–Kier alpha value is -3.80. The standard InChI is InChI=1S/C31H34ClFN6O4/c32-24-14-21(5-7-25(24)33)36-31-23-15-27(28(42-18-20-3-4-20)16-26(23)34-19-35-31)37-29(40)2-1-9-38-10-12-39(13-11-38)17-22-6-8-30(41)43-22/h1-2,5,7,14-16,19-20,22H,3-4,6,8-13,17-18H2,(H,37,40)(H,34,35,36)/t22-/m1/s1. The van der Waals surface area contributed by atoms with E-state index < -0.39 is 5.82 Å². The van der Waals surface area contributed by atoms with Crippen molar-refractivity contribution in [2.45, 2.75) is 31.8 Å². The molecule has 1 aliphatic carbocycles. The molecule has 0 bridgehead atoms. The molecule has 10 nitrogen and oxygen atoms in total. The molecule has 226 valence electrons. The molecule has 2 saturated heterocycles. The van der Waals surface area contributed by atoms with E-state index in [0.29, 0.717) is 59.3 Å². The molecule has 43 heavy (non-hydrogen) atoms. The highest BCUT2D eigenvalue weighted by molar-refractivity contribution is 6.31. The Morgan fingerprint density at radius 2 is 1.93 bits per heavy atom. The largest absolute Gasteiger partial charge is 0.491 e. The second-order valence-corrected chi connectivity index (χ2v) is 11.6. The van der Waals surface area contributed by atoms with Crippen LogP contribution in [0.2, 0.25) is 5.02 Å². The zero-order chi connectivity index (χ0) is 29.8. The summed E-state index contributed by atoms with van der Waals surface area (Å²) in [6.45, 7) is 5.57. The minimum atomic E-state index is -0.509. The Balaban J connectivity index is 1.10. The van der Waals surface area contributed by atoms with Gasteiger partial charge in [-0.05, 0) is 49.4 Å². The van der Waals surface area contributed by atoms with Gasteiger partial charge >= 0.3 is 5.97 Å². The van der Waals surface area contributed by atoms with Gasteiger partial charge in [0.1, 0.15) is 29.8 Å². The third-order valence-corrected chi connectivity index (χ3v) is 8.17. The number of anilines is 3. The number of fused-ring (bicyclic) bond motifs is 1. The van der Waals surface area contributed by atoms with Gasteiger partial charge in [0.05, 0.1) is 22.8 Å². The molecule has 1 saturated carbocycles. The lowest BCUT2D eigenvalue weighted by Gasteiger charge is -2.35. The zero-order valence-electron chi connectivity index (χ0n) is 23.7. The number of rotatable bonds is 11. The average molecular weight is 609 g/mol. The molecule has 6 rings (SSSR count). The van der Waals surface area contributed by atoms with Crippen molar-refractivity contribution in [3.05, 3.63) is 59.7 Å². The first-order valence-electron chi connectivity index (χ1n) is 14.6. The lowest BCUT2D eigenvalue weighted by atomic mass is 10.1. The third-order valence-electron chi connectivity index (χ3n) is 7.88. The van der Waals surface area contributed by atoms with E-state index in [0.717, 1.165) is 52.0 Å². The van der Waals surface area contributed by atoms with Gasteiger partial charge in [-0.1, -0.05) is 17.7 Å². The van der Waals surface area contributed by atoms with Gasteiger partial charge in [-0.25, -0.2) is 14.4 Å². The van der Waals surface area contributed by atoms with E-state index in [-0.39, 0.29) is 23.0 Å². The summed E-state index contributed by atoms with van der Waals surface area (Å²) in [5.74, 6) is 0.675. The maximum atomic E-state index is 13.7. The molecule has 3 aromatic rings. The number of hydrogen-bond donors (Lipinski definition) is 2. The van der Waals surface area contributed by atoms with Crippen molar-refractivity contribution in [2.75, 3.05) is 56.5 Å².